The highest BCUT2D eigenvalue weighted by molar-refractivity contribution is 5.85. The van der Waals surface area contributed by atoms with E-state index >= 15 is 0 Å². The van der Waals surface area contributed by atoms with Gasteiger partial charge in [0.15, 0.2) is 0 Å². The molecule has 0 aromatic rings. The Balaban J connectivity index is 2.39. The highest BCUT2D eigenvalue weighted by Gasteiger charge is 2.29. The summed E-state index contributed by atoms with van der Waals surface area (Å²) in [5.41, 5.74) is 5.22. The number of nitrogens with two attached hydrogens (primary N) is 1. The third kappa shape index (κ3) is 3.80. The predicted molar refractivity (Wildman–Crippen MR) is 59.5 cm³/mol. The lowest BCUT2D eigenvalue weighted by Gasteiger charge is -2.29. The summed E-state index contributed by atoms with van der Waals surface area (Å²) in [6.07, 6.45) is 3.44. The molecule has 1 saturated heterocycles. The minimum Gasteiger partial charge on any atom is -0.381 e. The summed E-state index contributed by atoms with van der Waals surface area (Å²) in [5, 5.41) is 3.00. The zero-order valence-corrected chi connectivity index (χ0v) is 9.71. The minimum atomic E-state index is -0.729. The van der Waals surface area contributed by atoms with Crippen molar-refractivity contribution >= 4 is 5.91 Å². The fourth-order valence-corrected chi connectivity index (χ4v) is 1.83. The van der Waals surface area contributed by atoms with Gasteiger partial charge in [-0.25, -0.2) is 0 Å². The molecule has 1 fully saturated rings. The summed E-state index contributed by atoms with van der Waals surface area (Å²) >= 11 is 0. The summed E-state index contributed by atoms with van der Waals surface area (Å²) in [5.74, 6) is -0.0312. The van der Waals surface area contributed by atoms with Crippen LogP contribution < -0.4 is 11.1 Å². The molecular weight excluding hydrogens is 192 g/mol. The molecule has 4 nitrogen and oxygen atoms in total. The van der Waals surface area contributed by atoms with Crippen LogP contribution in [0.3, 0.4) is 0 Å². The largest absolute Gasteiger partial charge is 0.381 e. The lowest BCUT2D eigenvalue weighted by Crippen LogP contribution is -2.54. The van der Waals surface area contributed by atoms with E-state index in [1.807, 2.05) is 6.92 Å². The fraction of sp³-hybridized carbons (Fsp3) is 0.909. The molecule has 1 unspecified atom stereocenters. The van der Waals surface area contributed by atoms with E-state index in [9.17, 15) is 4.79 Å². The van der Waals surface area contributed by atoms with Crippen LogP contribution in [0.25, 0.3) is 0 Å². The summed E-state index contributed by atoms with van der Waals surface area (Å²) in [6, 6.07) is 0.242. The lowest BCUT2D eigenvalue weighted by molar-refractivity contribution is -0.127. The fourth-order valence-electron chi connectivity index (χ4n) is 1.83. The zero-order valence-electron chi connectivity index (χ0n) is 9.71. The second-order valence-corrected chi connectivity index (χ2v) is 4.53. The third-order valence-electron chi connectivity index (χ3n) is 2.84. The minimum absolute atomic E-state index is 0.0312. The molecule has 0 spiro atoms. The van der Waals surface area contributed by atoms with Gasteiger partial charge in [0.2, 0.25) is 5.91 Å². The maximum Gasteiger partial charge on any atom is 0.240 e. The number of ether oxygens (including phenoxy) is 1. The Morgan fingerprint density at radius 3 is 2.67 bits per heavy atom. The van der Waals surface area contributed by atoms with Gasteiger partial charge in [-0.2, -0.15) is 0 Å². The average Bonchev–Trinajstić information content (AvgIpc) is 2.19. The van der Waals surface area contributed by atoms with Crippen molar-refractivity contribution in [2.75, 3.05) is 13.2 Å². The number of carbonyl (C=O) groups is 1. The molecule has 0 aromatic carbocycles. The van der Waals surface area contributed by atoms with Crippen LogP contribution >= 0.6 is 0 Å². The number of carbonyl (C=O) groups excluding carboxylic acids is 1. The molecule has 1 aliphatic heterocycles. The smallest absolute Gasteiger partial charge is 0.240 e. The van der Waals surface area contributed by atoms with Gasteiger partial charge in [-0.05, 0) is 26.2 Å². The molecule has 1 atom stereocenters. The number of nitrogens with one attached hydrogen (secondary N) is 1. The Hall–Kier alpha value is -0.610. The van der Waals surface area contributed by atoms with Crippen molar-refractivity contribution in [3.63, 3.8) is 0 Å². The van der Waals surface area contributed by atoms with Crippen LogP contribution in [-0.2, 0) is 9.53 Å². The number of rotatable bonds is 4. The third-order valence-corrected chi connectivity index (χ3v) is 2.84. The molecule has 15 heavy (non-hydrogen) atoms. The molecule has 0 saturated carbocycles. The first-order valence-electron chi connectivity index (χ1n) is 5.74. The Bertz CT molecular complexity index is 211. The second kappa shape index (κ2) is 5.47. The molecule has 1 aliphatic rings. The molecule has 88 valence electrons. The van der Waals surface area contributed by atoms with Gasteiger partial charge in [0, 0.05) is 19.3 Å². The summed E-state index contributed by atoms with van der Waals surface area (Å²) in [7, 11) is 0. The summed E-state index contributed by atoms with van der Waals surface area (Å²) in [4.78, 5) is 11.8. The van der Waals surface area contributed by atoms with E-state index in [0.717, 1.165) is 38.9 Å². The molecule has 1 rings (SSSR count). The Labute approximate surface area is 91.5 Å². The molecule has 1 heterocycles. The van der Waals surface area contributed by atoms with Crippen molar-refractivity contribution < 1.29 is 9.53 Å². The van der Waals surface area contributed by atoms with Gasteiger partial charge in [0.25, 0.3) is 0 Å². The van der Waals surface area contributed by atoms with Crippen molar-refractivity contribution in [2.45, 2.75) is 51.1 Å². The van der Waals surface area contributed by atoms with Gasteiger partial charge >= 0.3 is 0 Å². The lowest BCUT2D eigenvalue weighted by atomic mass is 9.95. The second-order valence-electron chi connectivity index (χ2n) is 4.53. The maximum absolute atomic E-state index is 11.8. The normalized spacial score (nSPS) is 22.1. The van der Waals surface area contributed by atoms with Crippen LogP contribution in [0, 0.1) is 0 Å². The van der Waals surface area contributed by atoms with Crippen molar-refractivity contribution in [1.82, 2.24) is 5.32 Å². The molecule has 0 radical (unpaired) electrons. The topological polar surface area (TPSA) is 64.4 Å². The SMILES string of the molecule is CCCC(C)(N)C(=O)NC1CCOCC1. The van der Waals surface area contributed by atoms with Crippen LogP contribution in [-0.4, -0.2) is 30.7 Å². The first-order valence-corrected chi connectivity index (χ1v) is 5.74. The highest BCUT2D eigenvalue weighted by Crippen LogP contribution is 2.12. The van der Waals surface area contributed by atoms with E-state index in [1.165, 1.54) is 0 Å². The molecule has 4 heteroatoms. The summed E-state index contributed by atoms with van der Waals surface area (Å²) < 4.78 is 5.23. The van der Waals surface area contributed by atoms with Gasteiger partial charge in [-0.15, -0.1) is 0 Å². The van der Waals surface area contributed by atoms with Gasteiger partial charge in [-0.3, -0.25) is 4.79 Å². The first-order chi connectivity index (χ1) is 7.06. The quantitative estimate of drug-likeness (QED) is 0.727. The van der Waals surface area contributed by atoms with E-state index in [4.69, 9.17) is 10.5 Å². The number of hydrogen-bond donors (Lipinski definition) is 2. The first kappa shape index (κ1) is 12.5. The molecule has 1 amide bonds. The van der Waals surface area contributed by atoms with Crippen molar-refractivity contribution in [2.24, 2.45) is 5.73 Å². The predicted octanol–water partition coefficient (Wildman–Crippen LogP) is 0.799. The Morgan fingerprint density at radius 1 is 1.53 bits per heavy atom. The van der Waals surface area contributed by atoms with Crippen LogP contribution in [0.4, 0.5) is 0 Å². The zero-order chi connectivity index (χ0) is 11.3. The molecule has 0 bridgehead atoms. The molecule has 0 aliphatic carbocycles. The van der Waals surface area contributed by atoms with Gasteiger partial charge in [-0.1, -0.05) is 13.3 Å². The highest BCUT2D eigenvalue weighted by atomic mass is 16.5. The van der Waals surface area contributed by atoms with E-state index in [1.54, 1.807) is 6.92 Å². The van der Waals surface area contributed by atoms with E-state index in [-0.39, 0.29) is 11.9 Å². The van der Waals surface area contributed by atoms with E-state index in [0.29, 0.717) is 0 Å². The Kier molecular flexibility index (Phi) is 4.54. The average molecular weight is 214 g/mol. The summed E-state index contributed by atoms with van der Waals surface area (Å²) in [6.45, 7) is 5.30. The standard InChI is InChI=1S/C11H22N2O2/c1-3-6-11(2,12)10(14)13-9-4-7-15-8-5-9/h9H,3-8,12H2,1-2H3,(H,13,14). The monoisotopic (exact) mass is 214 g/mol. The number of hydrogen-bond acceptors (Lipinski definition) is 3. The van der Waals surface area contributed by atoms with Crippen LogP contribution in [0.1, 0.15) is 39.5 Å². The van der Waals surface area contributed by atoms with Gasteiger partial charge in [0.05, 0.1) is 5.54 Å². The Morgan fingerprint density at radius 2 is 2.13 bits per heavy atom. The maximum atomic E-state index is 11.8. The van der Waals surface area contributed by atoms with Crippen molar-refractivity contribution in [3.8, 4) is 0 Å². The van der Waals surface area contributed by atoms with E-state index in [2.05, 4.69) is 5.32 Å². The van der Waals surface area contributed by atoms with Crippen LogP contribution in [0.15, 0.2) is 0 Å². The van der Waals surface area contributed by atoms with Crippen molar-refractivity contribution in [1.29, 1.82) is 0 Å². The van der Waals surface area contributed by atoms with Gasteiger partial charge < -0.3 is 15.8 Å². The van der Waals surface area contributed by atoms with Crippen LogP contribution in [0.5, 0.6) is 0 Å². The number of amides is 1. The van der Waals surface area contributed by atoms with Crippen molar-refractivity contribution in [3.05, 3.63) is 0 Å². The molecule has 3 N–H and O–H groups in total. The van der Waals surface area contributed by atoms with Crippen LogP contribution in [0.2, 0.25) is 0 Å². The molecule has 0 aromatic heterocycles. The molecular formula is C11H22N2O2. The van der Waals surface area contributed by atoms with E-state index < -0.39 is 5.54 Å². The van der Waals surface area contributed by atoms with Gasteiger partial charge in [0.1, 0.15) is 0 Å².